The fraction of sp³-hybridized carbons (Fsp3) is 0.529. The first-order chi connectivity index (χ1) is 10.9. The number of carbonyl (C=O) groups is 2. The van der Waals surface area contributed by atoms with Crippen molar-refractivity contribution in [3.05, 3.63) is 29.3 Å². The fourth-order valence-electron chi connectivity index (χ4n) is 2.29. The second-order valence-corrected chi connectivity index (χ2v) is 5.51. The lowest BCUT2D eigenvalue weighted by Crippen LogP contribution is -2.52. The third-order valence-electron chi connectivity index (χ3n) is 3.62. The van der Waals surface area contributed by atoms with Gasteiger partial charge in [-0.15, -0.1) is 0 Å². The summed E-state index contributed by atoms with van der Waals surface area (Å²) in [6.45, 7) is 6.15. The molecule has 1 aromatic rings. The molecule has 0 saturated carbocycles. The first-order valence-electron chi connectivity index (χ1n) is 7.68. The maximum absolute atomic E-state index is 12.4. The summed E-state index contributed by atoms with van der Waals surface area (Å²) in [5.74, 6) is -0.843. The van der Waals surface area contributed by atoms with Gasteiger partial charge in [0.25, 0.3) is 5.91 Å². The van der Waals surface area contributed by atoms with Gasteiger partial charge in [-0.25, -0.2) is 4.79 Å². The summed E-state index contributed by atoms with van der Waals surface area (Å²) < 4.78 is 10.6. The van der Waals surface area contributed by atoms with Gasteiger partial charge in [-0.2, -0.15) is 0 Å². The number of nitrogens with one attached hydrogen (secondary N) is 1. The Morgan fingerprint density at radius 1 is 1.30 bits per heavy atom. The number of rotatable bonds is 9. The molecule has 0 heterocycles. The van der Waals surface area contributed by atoms with Crippen molar-refractivity contribution in [3.8, 4) is 5.75 Å². The number of hydrogen-bond donors (Lipinski definition) is 2. The zero-order valence-corrected chi connectivity index (χ0v) is 14.1. The van der Waals surface area contributed by atoms with Gasteiger partial charge in [0.05, 0.1) is 13.7 Å². The van der Waals surface area contributed by atoms with E-state index < -0.39 is 17.4 Å². The van der Waals surface area contributed by atoms with Crippen LogP contribution in [-0.2, 0) is 16.1 Å². The highest BCUT2D eigenvalue weighted by Gasteiger charge is 2.34. The zero-order chi connectivity index (χ0) is 17.5. The van der Waals surface area contributed by atoms with Crippen molar-refractivity contribution >= 4 is 11.9 Å². The second-order valence-electron chi connectivity index (χ2n) is 5.51. The van der Waals surface area contributed by atoms with Gasteiger partial charge in [-0.3, -0.25) is 4.79 Å². The molecular weight excluding hydrogens is 298 g/mol. The van der Waals surface area contributed by atoms with Crippen LogP contribution in [0.25, 0.3) is 0 Å². The van der Waals surface area contributed by atoms with Crippen molar-refractivity contribution in [2.24, 2.45) is 0 Å². The number of carboxylic acid groups (broad SMARTS) is 1. The van der Waals surface area contributed by atoms with Crippen LogP contribution in [0.4, 0.5) is 0 Å². The van der Waals surface area contributed by atoms with Crippen LogP contribution in [0.1, 0.15) is 49.5 Å². The molecule has 0 aliphatic rings. The molecule has 1 rings (SSSR count). The van der Waals surface area contributed by atoms with Gasteiger partial charge in [-0.1, -0.05) is 13.3 Å². The van der Waals surface area contributed by atoms with Gasteiger partial charge in [0.2, 0.25) is 0 Å². The molecule has 23 heavy (non-hydrogen) atoms. The van der Waals surface area contributed by atoms with Crippen LogP contribution in [0, 0.1) is 0 Å². The van der Waals surface area contributed by atoms with Crippen LogP contribution >= 0.6 is 0 Å². The highest BCUT2D eigenvalue weighted by molar-refractivity contribution is 5.98. The Kier molecular flexibility index (Phi) is 7.03. The van der Waals surface area contributed by atoms with E-state index in [1.165, 1.54) is 6.92 Å². The molecule has 0 saturated heterocycles. The van der Waals surface area contributed by atoms with E-state index in [0.717, 1.165) is 5.56 Å². The summed E-state index contributed by atoms with van der Waals surface area (Å²) >= 11 is 0. The normalized spacial score (nSPS) is 13.2. The molecule has 6 heteroatoms. The predicted molar refractivity (Wildman–Crippen MR) is 86.7 cm³/mol. The lowest BCUT2D eigenvalue weighted by Gasteiger charge is -2.26. The number of ether oxygens (including phenoxy) is 2. The molecule has 0 fully saturated rings. The zero-order valence-electron chi connectivity index (χ0n) is 14.1. The van der Waals surface area contributed by atoms with Gasteiger partial charge in [-0.05, 0) is 38.5 Å². The molecule has 1 unspecified atom stereocenters. The first-order valence-corrected chi connectivity index (χ1v) is 7.68. The molecule has 1 amide bonds. The van der Waals surface area contributed by atoms with E-state index >= 15 is 0 Å². The van der Waals surface area contributed by atoms with Crippen molar-refractivity contribution < 1.29 is 24.2 Å². The minimum absolute atomic E-state index is 0.325. The quantitative estimate of drug-likeness (QED) is 0.729. The van der Waals surface area contributed by atoms with Crippen molar-refractivity contribution in [1.29, 1.82) is 0 Å². The Hall–Kier alpha value is -2.08. The van der Waals surface area contributed by atoms with E-state index in [2.05, 4.69) is 5.32 Å². The molecule has 1 aromatic carbocycles. The van der Waals surface area contributed by atoms with Crippen molar-refractivity contribution in [2.45, 2.75) is 45.8 Å². The van der Waals surface area contributed by atoms with Crippen LogP contribution in [0.2, 0.25) is 0 Å². The third kappa shape index (κ3) is 4.96. The van der Waals surface area contributed by atoms with E-state index in [0.29, 0.717) is 37.4 Å². The Bertz CT molecular complexity index is 558. The van der Waals surface area contributed by atoms with Crippen LogP contribution in [0.3, 0.4) is 0 Å². The summed E-state index contributed by atoms with van der Waals surface area (Å²) in [5, 5.41) is 12.0. The summed E-state index contributed by atoms with van der Waals surface area (Å²) in [7, 11) is 1.55. The molecule has 0 radical (unpaired) electrons. The molecule has 0 aromatic heterocycles. The average molecular weight is 323 g/mol. The van der Waals surface area contributed by atoms with Crippen LogP contribution in [0.15, 0.2) is 18.2 Å². The van der Waals surface area contributed by atoms with E-state index in [-0.39, 0.29) is 0 Å². The van der Waals surface area contributed by atoms with Crippen LogP contribution in [0.5, 0.6) is 5.75 Å². The van der Waals surface area contributed by atoms with Gasteiger partial charge >= 0.3 is 5.97 Å². The highest BCUT2D eigenvalue weighted by atomic mass is 16.5. The Balaban J connectivity index is 3.01. The molecule has 1 atom stereocenters. The molecule has 0 spiro atoms. The number of hydrogen-bond acceptors (Lipinski definition) is 4. The summed E-state index contributed by atoms with van der Waals surface area (Å²) in [6, 6.07) is 4.96. The van der Waals surface area contributed by atoms with Crippen LogP contribution in [-0.4, -0.2) is 36.2 Å². The molecular formula is C17H25NO5. The molecule has 2 N–H and O–H groups in total. The number of methoxy groups -OCH3 is 1. The first kappa shape index (κ1) is 19.0. The van der Waals surface area contributed by atoms with E-state index in [9.17, 15) is 14.7 Å². The summed E-state index contributed by atoms with van der Waals surface area (Å²) in [4.78, 5) is 23.8. The third-order valence-corrected chi connectivity index (χ3v) is 3.62. The minimum Gasteiger partial charge on any atom is -0.496 e. The molecule has 0 bridgehead atoms. The maximum Gasteiger partial charge on any atom is 0.329 e. The Morgan fingerprint density at radius 2 is 2.00 bits per heavy atom. The number of carboxylic acids is 1. The van der Waals surface area contributed by atoms with Gasteiger partial charge < -0.3 is 19.9 Å². The molecule has 6 nitrogen and oxygen atoms in total. The van der Waals surface area contributed by atoms with Crippen molar-refractivity contribution in [1.82, 2.24) is 5.32 Å². The number of carbonyl (C=O) groups excluding carboxylic acids is 1. The number of aliphatic carboxylic acids is 1. The predicted octanol–water partition coefficient (Wildman–Crippen LogP) is 2.60. The summed E-state index contributed by atoms with van der Waals surface area (Å²) in [5.41, 5.74) is -0.162. The van der Waals surface area contributed by atoms with E-state index in [4.69, 9.17) is 9.47 Å². The lowest BCUT2D eigenvalue weighted by atomic mass is 9.95. The minimum atomic E-state index is -1.29. The summed E-state index contributed by atoms with van der Waals surface area (Å²) in [6.07, 6.45) is 1.01. The number of benzene rings is 1. The SMILES string of the molecule is CCCC(C)(NC(=O)c1ccc(OC)c(COCC)c1)C(=O)O. The molecule has 128 valence electrons. The van der Waals surface area contributed by atoms with Gasteiger partial charge in [0, 0.05) is 17.7 Å². The van der Waals surface area contributed by atoms with Gasteiger partial charge in [0.15, 0.2) is 0 Å². The largest absolute Gasteiger partial charge is 0.496 e. The second kappa shape index (κ2) is 8.53. The van der Waals surface area contributed by atoms with Crippen molar-refractivity contribution in [2.75, 3.05) is 13.7 Å². The molecule has 0 aliphatic heterocycles. The standard InChI is InChI=1S/C17H25NO5/c1-5-9-17(3,16(20)21)18-15(19)12-7-8-14(22-4)13(10-12)11-23-6-2/h7-8,10H,5-6,9,11H2,1-4H3,(H,18,19)(H,20,21). The average Bonchev–Trinajstić information content (AvgIpc) is 2.52. The van der Waals surface area contributed by atoms with E-state index in [1.54, 1.807) is 25.3 Å². The smallest absolute Gasteiger partial charge is 0.329 e. The Morgan fingerprint density at radius 3 is 2.52 bits per heavy atom. The van der Waals surface area contributed by atoms with Crippen molar-refractivity contribution in [3.63, 3.8) is 0 Å². The monoisotopic (exact) mass is 323 g/mol. The van der Waals surface area contributed by atoms with Gasteiger partial charge in [0.1, 0.15) is 11.3 Å². The topological polar surface area (TPSA) is 84.9 Å². The van der Waals surface area contributed by atoms with Crippen LogP contribution < -0.4 is 10.1 Å². The maximum atomic E-state index is 12.4. The van der Waals surface area contributed by atoms with E-state index in [1.807, 2.05) is 13.8 Å². The molecule has 0 aliphatic carbocycles. The Labute approximate surface area is 136 Å². The number of amides is 1. The lowest BCUT2D eigenvalue weighted by molar-refractivity contribution is -0.144. The highest BCUT2D eigenvalue weighted by Crippen LogP contribution is 2.22. The fourth-order valence-corrected chi connectivity index (χ4v) is 2.29.